The fraction of sp³-hybridized carbons (Fsp3) is 0.579. The van der Waals surface area contributed by atoms with Crippen LogP contribution in [0.4, 0.5) is 0 Å². The van der Waals surface area contributed by atoms with Gasteiger partial charge in [0.05, 0.1) is 11.8 Å². The Morgan fingerprint density at radius 2 is 1.83 bits per heavy atom. The molecule has 24 heavy (non-hydrogen) atoms. The Labute approximate surface area is 143 Å². The molecule has 0 bridgehead atoms. The Morgan fingerprint density at radius 3 is 2.38 bits per heavy atom. The molecule has 1 fully saturated rings. The van der Waals surface area contributed by atoms with Crippen LogP contribution in [-0.2, 0) is 14.3 Å². The number of benzene rings is 1. The summed E-state index contributed by atoms with van der Waals surface area (Å²) in [5.74, 6) is -1.57. The normalized spacial score (nSPS) is 18.1. The van der Waals surface area contributed by atoms with Crippen LogP contribution in [0.5, 0.6) is 0 Å². The van der Waals surface area contributed by atoms with E-state index in [1.165, 1.54) is 0 Å². The third-order valence-electron chi connectivity index (χ3n) is 4.76. The van der Waals surface area contributed by atoms with Crippen molar-refractivity contribution < 1.29 is 19.4 Å². The van der Waals surface area contributed by atoms with Crippen molar-refractivity contribution in [1.82, 2.24) is 5.32 Å². The van der Waals surface area contributed by atoms with E-state index >= 15 is 0 Å². The number of ether oxygens (including phenoxy) is 1. The molecule has 5 nitrogen and oxygen atoms in total. The summed E-state index contributed by atoms with van der Waals surface area (Å²) in [4.78, 5) is 24.3. The van der Waals surface area contributed by atoms with Gasteiger partial charge in [-0.1, -0.05) is 44.2 Å². The highest BCUT2D eigenvalue weighted by Crippen LogP contribution is 2.26. The monoisotopic (exact) mass is 333 g/mol. The number of aliphatic carboxylic acids is 1. The second kappa shape index (κ2) is 8.83. The summed E-state index contributed by atoms with van der Waals surface area (Å²) < 4.78 is 5.30. The van der Waals surface area contributed by atoms with Gasteiger partial charge in [0.1, 0.15) is 0 Å². The molecule has 1 aromatic carbocycles. The van der Waals surface area contributed by atoms with Crippen LogP contribution in [0, 0.1) is 17.8 Å². The number of hydrogen-bond donors (Lipinski definition) is 2. The van der Waals surface area contributed by atoms with Gasteiger partial charge < -0.3 is 15.2 Å². The van der Waals surface area contributed by atoms with Crippen molar-refractivity contribution in [3.05, 3.63) is 35.9 Å². The van der Waals surface area contributed by atoms with E-state index in [1.807, 2.05) is 44.2 Å². The Bertz CT molecular complexity index is 538. The summed E-state index contributed by atoms with van der Waals surface area (Å²) >= 11 is 0. The average molecular weight is 333 g/mol. The molecule has 1 aromatic rings. The summed E-state index contributed by atoms with van der Waals surface area (Å²) in [5, 5.41) is 12.4. The van der Waals surface area contributed by atoms with E-state index in [0.29, 0.717) is 13.2 Å². The van der Waals surface area contributed by atoms with Crippen molar-refractivity contribution in [3.8, 4) is 0 Å². The van der Waals surface area contributed by atoms with Crippen LogP contribution in [-0.4, -0.2) is 36.7 Å². The first-order chi connectivity index (χ1) is 11.5. The van der Waals surface area contributed by atoms with Crippen LogP contribution < -0.4 is 5.32 Å². The maximum Gasteiger partial charge on any atom is 0.308 e. The van der Waals surface area contributed by atoms with Gasteiger partial charge in [0.15, 0.2) is 0 Å². The van der Waals surface area contributed by atoms with Crippen LogP contribution >= 0.6 is 0 Å². The second-order valence-corrected chi connectivity index (χ2v) is 6.77. The molecule has 1 heterocycles. The van der Waals surface area contributed by atoms with Gasteiger partial charge in [-0.3, -0.25) is 9.59 Å². The van der Waals surface area contributed by atoms with Crippen LogP contribution in [0.2, 0.25) is 0 Å². The van der Waals surface area contributed by atoms with Gasteiger partial charge in [0.25, 0.3) is 0 Å². The fourth-order valence-corrected chi connectivity index (χ4v) is 3.39. The lowest BCUT2D eigenvalue weighted by Gasteiger charge is -2.28. The Morgan fingerprint density at radius 1 is 1.21 bits per heavy atom. The molecule has 5 heteroatoms. The number of hydrogen-bond acceptors (Lipinski definition) is 3. The number of rotatable bonds is 7. The average Bonchev–Trinajstić information content (AvgIpc) is 2.56. The van der Waals surface area contributed by atoms with E-state index < -0.39 is 11.9 Å². The van der Waals surface area contributed by atoms with Gasteiger partial charge in [0, 0.05) is 19.8 Å². The highest BCUT2D eigenvalue weighted by atomic mass is 16.5. The maximum absolute atomic E-state index is 12.7. The second-order valence-electron chi connectivity index (χ2n) is 6.77. The molecule has 2 N–H and O–H groups in total. The van der Waals surface area contributed by atoms with Crippen molar-refractivity contribution >= 4 is 11.9 Å². The SMILES string of the molecule is CC(C)C(C(=O)NCC(C(=O)O)C1CCOCC1)c1ccccc1. The van der Waals surface area contributed by atoms with E-state index in [1.54, 1.807) is 0 Å². The zero-order valence-corrected chi connectivity index (χ0v) is 14.4. The standard InChI is InChI=1S/C19H27NO4/c1-13(2)17(15-6-4-3-5-7-15)18(21)20-12-16(19(22)23)14-8-10-24-11-9-14/h3-7,13-14,16-17H,8-12H2,1-2H3,(H,20,21)(H,22,23). The minimum Gasteiger partial charge on any atom is -0.481 e. The quantitative estimate of drug-likeness (QED) is 0.804. The first-order valence-electron chi connectivity index (χ1n) is 8.64. The predicted octanol–water partition coefficient (Wildman–Crippen LogP) is 2.67. The van der Waals surface area contributed by atoms with Gasteiger partial charge in [0.2, 0.25) is 5.91 Å². The van der Waals surface area contributed by atoms with Crippen molar-refractivity contribution in [2.75, 3.05) is 19.8 Å². The van der Waals surface area contributed by atoms with E-state index in [9.17, 15) is 14.7 Å². The lowest BCUT2D eigenvalue weighted by Crippen LogP contribution is -2.41. The van der Waals surface area contributed by atoms with E-state index in [2.05, 4.69) is 5.32 Å². The van der Waals surface area contributed by atoms with Crippen LogP contribution in [0.15, 0.2) is 30.3 Å². The lowest BCUT2D eigenvalue weighted by atomic mass is 9.85. The molecule has 0 aliphatic carbocycles. The van der Waals surface area contributed by atoms with Crippen molar-refractivity contribution in [2.24, 2.45) is 17.8 Å². The molecule has 2 rings (SSSR count). The van der Waals surface area contributed by atoms with Crippen LogP contribution in [0.1, 0.15) is 38.2 Å². The minimum atomic E-state index is -0.844. The van der Waals surface area contributed by atoms with E-state index in [-0.39, 0.29) is 30.2 Å². The molecule has 1 saturated heterocycles. The lowest BCUT2D eigenvalue weighted by molar-refractivity contribution is -0.145. The maximum atomic E-state index is 12.7. The number of nitrogens with one attached hydrogen (secondary N) is 1. The molecule has 0 spiro atoms. The Kier molecular flexibility index (Phi) is 6.79. The van der Waals surface area contributed by atoms with Crippen molar-refractivity contribution in [2.45, 2.75) is 32.6 Å². The number of carbonyl (C=O) groups excluding carboxylic acids is 1. The number of carboxylic acids is 1. The van der Waals surface area contributed by atoms with E-state index in [4.69, 9.17) is 4.74 Å². The first kappa shape index (κ1) is 18.5. The van der Waals surface area contributed by atoms with Gasteiger partial charge in [-0.15, -0.1) is 0 Å². The van der Waals surface area contributed by atoms with E-state index in [0.717, 1.165) is 18.4 Å². The topological polar surface area (TPSA) is 75.6 Å². The van der Waals surface area contributed by atoms with Crippen LogP contribution in [0.25, 0.3) is 0 Å². The number of carbonyl (C=O) groups is 2. The molecule has 2 unspecified atom stereocenters. The summed E-state index contributed by atoms with van der Waals surface area (Å²) in [7, 11) is 0. The van der Waals surface area contributed by atoms with Gasteiger partial charge >= 0.3 is 5.97 Å². The zero-order valence-electron chi connectivity index (χ0n) is 14.4. The molecule has 0 radical (unpaired) electrons. The van der Waals surface area contributed by atoms with Gasteiger partial charge in [-0.25, -0.2) is 0 Å². The highest BCUT2D eigenvalue weighted by molar-refractivity contribution is 5.84. The third-order valence-corrected chi connectivity index (χ3v) is 4.76. The first-order valence-corrected chi connectivity index (χ1v) is 8.64. The Balaban J connectivity index is 2.01. The van der Waals surface area contributed by atoms with Crippen molar-refractivity contribution in [3.63, 3.8) is 0 Å². The molecule has 1 aliphatic rings. The largest absolute Gasteiger partial charge is 0.481 e. The van der Waals surface area contributed by atoms with Crippen molar-refractivity contribution in [1.29, 1.82) is 0 Å². The summed E-state index contributed by atoms with van der Waals surface area (Å²) in [6, 6.07) is 9.64. The molecule has 1 aliphatic heterocycles. The predicted molar refractivity (Wildman–Crippen MR) is 91.7 cm³/mol. The van der Waals surface area contributed by atoms with Gasteiger partial charge in [-0.05, 0) is 30.2 Å². The molecule has 132 valence electrons. The molecular formula is C19H27NO4. The minimum absolute atomic E-state index is 0.0609. The summed E-state index contributed by atoms with van der Waals surface area (Å²) in [6.45, 7) is 5.38. The molecule has 0 aromatic heterocycles. The fourth-order valence-electron chi connectivity index (χ4n) is 3.39. The molecular weight excluding hydrogens is 306 g/mol. The molecule has 2 atom stereocenters. The van der Waals surface area contributed by atoms with Crippen LogP contribution in [0.3, 0.4) is 0 Å². The number of carboxylic acid groups (broad SMARTS) is 1. The zero-order chi connectivity index (χ0) is 17.5. The number of amides is 1. The highest BCUT2D eigenvalue weighted by Gasteiger charge is 2.31. The summed E-state index contributed by atoms with van der Waals surface area (Å²) in [5.41, 5.74) is 0.961. The molecule has 0 saturated carbocycles. The van der Waals surface area contributed by atoms with Gasteiger partial charge in [-0.2, -0.15) is 0 Å². The molecule has 1 amide bonds. The summed E-state index contributed by atoms with van der Waals surface area (Å²) in [6.07, 6.45) is 1.47. The Hall–Kier alpha value is -1.88. The third kappa shape index (κ3) is 4.81. The smallest absolute Gasteiger partial charge is 0.308 e.